The molecule has 0 N–H and O–H groups in total. The molecule has 0 aliphatic heterocycles. The Kier molecular flexibility index (Phi) is 4.14. The van der Waals surface area contributed by atoms with E-state index in [9.17, 15) is 4.39 Å². The van der Waals surface area contributed by atoms with Crippen LogP contribution in [0, 0.1) is 5.82 Å². The molecule has 0 atom stereocenters. The zero-order chi connectivity index (χ0) is 16.5. The first-order valence-corrected chi connectivity index (χ1v) is 9.26. The maximum Gasteiger partial charge on any atom is 0.152 e. The first-order chi connectivity index (χ1) is 11.7. The number of hydrogen-bond acceptors (Lipinski definition) is 4. The third kappa shape index (κ3) is 3.11. The zero-order valence-corrected chi connectivity index (χ0v) is 14.6. The van der Waals surface area contributed by atoms with E-state index >= 15 is 0 Å². The van der Waals surface area contributed by atoms with Gasteiger partial charge in [0.15, 0.2) is 10.0 Å². The van der Waals surface area contributed by atoms with Crippen molar-refractivity contribution in [2.45, 2.75) is 0 Å². The van der Waals surface area contributed by atoms with E-state index in [1.54, 1.807) is 23.5 Å². The van der Waals surface area contributed by atoms with Crippen LogP contribution in [-0.4, -0.2) is 9.97 Å². The monoisotopic (exact) mass is 372 g/mol. The van der Waals surface area contributed by atoms with Crippen LogP contribution in [0.1, 0.15) is 0 Å². The molecule has 0 aliphatic rings. The molecule has 2 heterocycles. The number of benzene rings is 2. The van der Waals surface area contributed by atoms with Crippen molar-refractivity contribution in [3.8, 4) is 32.5 Å². The van der Waals surface area contributed by atoms with Crippen molar-refractivity contribution in [1.29, 1.82) is 0 Å². The fourth-order valence-electron chi connectivity index (χ4n) is 2.28. The summed E-state index contributed by atoms with van der Waals surface area (Å²) >= 11 is 9.12. The molecular formula is C18H10ClFN2S2. The topological polar surface area (TPSA) is 25.8 Å². The van der Waals surface area contributed by atoms with E-state index in [0.717, 1.165) is 32.5 Å². The summed E-state index contributed by atoms with van der Waals surface area (Å²) in [7, 11) is 0. The summed E-state index contributed by atoms with van der Waals surface area (Å²) in [5.41, 5.74) is 3.59. The van der Waals surface area contributed by atoms with E-state index in [4.69, 9.17) is 11.6 Å². The molecule has 0 saturated carbocycles. The van der Waals surface area contributed by atoms with Gasteiger partial charge >= 0.3 is 0 Å². The van der Waals surface area contributed by atoms with Gasteiger partial charge in [0.25, 0.3) is 0 Å². The van der Waals surface area contributed by atoms with Crippen molar-refractivity contribution in [2.75, 3.05) is 0 Å². The van der Waals surface area contributed by atoms with Crippen LogP contribution in [-0.2, 0) is 0 Å². The standard InChI is InChI=1S/C18H10ClFN2S2/c19-13-3-1-2-12(8-13)16-10-24-18(22-16)17-21-15(9-23-17)11-4-6-14(20)7-5-11/h1-10H. The van der Waals surface area contributed by atoms with Crippen molar-refractivity contribution in [3.05, 3.63) is 70.1 Å². The molecule has 4 rings (SSSR count). The molecule has 6 heteroatoms. The number of thiazole rings is 2. The van der Waals surface area contributed by atoms with Crippen molar-refractivity contribution < 1.29 is 4.39 Å². The summed E-state index contributed by atoms with van der Waals surface area (Å²) in [5.74, 6) is -0.250. The average molecular weight is 373 g/mol. The number of halogens is 2. The SMILES string of the molecule is Fc1ccc(-c2csc(-c3nc(-c4cccc(Cl)c4)cs3)n2)cc1. The lowest BCUT2D eigenvalue weighted by Gasteiger charge is -1.96. The van der Waals surface area contributed by atoms with Crippen LogP contribution in [0.15, 0.2) is 59.3 Å². The molecule has 118 valence electrons. The van der Waals surface area contributed by atoms with Gasteiger partial charge in [-0.05, 0) is 36.4 Å². The third-order valence-electron chi connectivity index (χ3n) is 3.45. The Bertz CT molecular complexity index is 992. The van der Waals surface area contributed by atoms with Crippen LogP contribution in [0.5, 0.6) is 0 Å². The Morgan fingerprint density at radius 1 is 0.792 bits per heavy atom. The van der Waals surface area contributed by atoms with E-state index in [-0.39, 0.29) is 5.82 Å². The van der Waals surface area contributed by atoms with Gasteiger partial charge in [0.2, 0.25) is 0 Å². The Balaban J connectivity index is 1.65. The molecule has 0 bridgehead atoms. The third-order valence-corrected chi connectivity index (χ3v) is 5.51. The number of rotatable bonds is 3. The molecule has 0 saturated heterocycles. The number of nitrogens with zero attached hydrogens (tertiary/aromatic N) is 2. The second-order valence-corrected chi connectivity index (χ2v) is 7.25. The molecule has 0 radical (unpaired) electrons. The average Bonchev–Trinajstić information content (AvgIpc) is 3.25. The summed E-state index contributed by atoms with van der Waals surface area (Å²) in [6, 6.07) is 14.0. The van der Waals surface area contributed by atoms with Crippen molar-refractivity contribution >= 4 is 34.3 Å². The summed E-state index contributed by atoms with van der Waals surface area (Å²) in [4.78, 5) is 9.28. The Labute approximate surface area is 151 Å². The molecule has 0 aliphatic carbocycles. The fourth-order valence-corrected chi connectivity index (χ4v) is 4.18. The minimum Gasteiger partial charge on any atom is -0.233 e. The Hall–Kier alpha value is -2.08. The smallest absolute Gasteiger partial charge is 0.152 e. The molecular weight excluding hydrogens is 363 g/mol. The van der Waals surface area contributed by atoms with Gasteiger partial charge in [-0.2, -0.15) is 0 Å². The maximum absolute atomic E-state index is 13.0. The molecule has 4 aromatic rings. The number of aromatic nitrogens is 2. The minimum absolute atomic E-state index is 0.250. The zero-order valence-electron chi connectivity index (χ0n) is 12.2. The van der Waals surface area contributed by atoms with E-state index in [0.29, 0.717) is 5.02 Å². The maximum atomic E-state index is 13.0. The lowest BCUT2D eigenvalue weighted by molar-refractivity contribution is 0.628. The van der Waals surface area contributed by atoms with Gasteiger partial charge in [0.1, 0.15) is 5.82 Å². The Morgan fingerprint density at radius 2 is 1.42 bits per heavy atom. The molecule has 0 spiro atoms. The largest absolute Gasteiger partial charge is 0.233 e. The van der Waals surface area contributed by atoms with Gasteiger partial charge < -0.3 is 0 Å². The fraction of sp³-hybridized carbons (Fsp3) is 0. The van der Waals surface area contributed by atoms with Crippen LogP contribution in [0.4, 0.5) is 4.39 Å². The van der Waals surface area contributed by atoms with Crippen molar-refractivity contribution in [3.63, 3.8) is 0 Å². The van der Waals surface area contributed by atoms with Crippen LogP contribution < -0.4 is 0 Å². The van der Waals surface area contributed by atoms with Gasteiger partial charge in [0, 0.05) is 26.9 Å². The Morgan fingerprint density at radius 3 is 2.04 bits per heavy atom. The van der Waals surface area contributed by atoms with Crippen molar-refractivity contribution in [1.82, 2.24) is 9.97 Å². The van der Waals surface area contributed by atoms with Gasteiger partial charge in [-0.15, -0.1) is 22.7 Å². The molecule has 0 amide bonds. The summed E-state index contributed by atoms with van der Waals surface area (Å²) in [6.07, 6.45) is 0. The summed E-state index contributed by atoms with van der Waals surface area (Å²) in [6.45, 7) is 0. The van der Waals surface area contributed by atoms with Gasteiger partial charge in [-0.1, -0.05) is 23.7 Å². The first kappa shape index (κ1) is 15.4. The molecule has 24 heavy (non-hydrogen) atoms. The molecule has 2 nitrogen and oxygen atoms in total. The van der Waals surface area contributed by atoms with Crippen LogP contribution in [0.3, 0.4) is 0 Å². The highest BCUT2D eigenvalue weighted by Crippen LogP contribution is 2.33. The molecule has 0 fully saturated rings. The second-order valence-electron chi connectivity index (χ2n) is 5.09. The van der Waals surface area contributed by atoms with Crippen LogP contribution >= 0.6 is 34.3 Å². The molecule has 2 aromatic carbocycles. The van der Waals surface area contributed by atoms with Gasteiger partial charge in [-0.3, -0.25) is 0 Å². The van der Waals surface area contributed by atoms with Gasteiger partial charge in [-0.25, -0.2) is 14.4 Å². The predicted octanol–water partition coefficient (Wildman–Crippen LogP) is 6.39. The van der Waals surface area contributed by atoms with E-state index < -0.39 is 0 Å². The van der Waals surface area contributed by atoms with E-state index in [1.165, 1.54) is 23.5 Å². The molecule has 2 aromatic heterocycles. The minimum atomic E-state index is -0.250. The van der Waals surface area contributed by atoms with Crippen LogP contribution in [0.2, 0.25) is 5.02 Å². The van der Waals surface area contributed by atoms with Crippen molar-refractivity contribution in [2.24, 2.45) is 0 Å². The first-order valence-electron chi connectivity index (χ1n) is 7.12. The molecule has 0 unspecified atom stereocenters. The second kappa shape index (κ2) is 6.43. The lowest BCUT2D eigenvalue weighted by Crippen LogP contribution is -1.81. The quantitative estimate of drug-likeness (QED) is 0.416. The summed E-state index contributed by atoms with van der Waals surface area (Å²) in [5, 5.41) is 6.37. The van der Waals surface area contributed by atoms with Gasteiger partial charge in [0.05, 0.1) is 11.4 Å². The normalized spacial score (nSPS) is 10.9. The highest BCUT2D eigenvalue weighted by Gasteiger charge is 2.12. The highest BCUT2D eigenvalue weighted by molar-refractivity contribution is 7.20. The number of hydrogen-bond donors (Lipinski definition) is 0. The van der Waals surface area contributed by atoms with E-state index in [2.05, 4.69) is 9.97 Å². The highest BCUT2D eigenvalue weighted by atomic mass is 35.5. The lowest BCUT2D eigenvalue weighted by atomic mass is 10.2. The van der Waals surface area contributed by atoms with Crippen LogP contribution in [0.25, 0.3) is 32.5 Å². The summed E-state index contributed by atoms with van der Waals surface area (Å²) < 4.78 is 13.0. The van der Waals surface area contributed by atoms with E-state index in [1.807, 2.05) is 35.0 Å². The predicted molar refractivity (Wildman–Crippen MR) is 99.1 cm³/mol.